The van der Waals surface area contributed by atoms with Crippen LogP contribution >= 0.6 is 43.2 Å². The minimum absolute atomic E-state index is 0.0296. The molecular weight excluding hydrogens is 440 g/mol. The SMILES string of the molecule is O=S(=O)(NCc1cc(Br)cs1)c1c(F)cc(F)cc1Br. The van der Waals surface area contributed by atoms with E-state index in [0.29, 0.717) is 6.07 Å². The summed E-state index contributed by atoms with van der Waals surface area (Å²) in [5, 5.41) is 1.80. The fourth-order valence-electron chi connectivity index (χ4n) is 1.47. The Bertz CT molecular complexity index is 724. The summed E-state index contributed by atoms with van der Waals surface area (Å²) in [4.78, 5) is 0.161. The lowest BCUT2D eigenvalue weighted by molar-refractivity contribution is 0.541. The summed E-state index contributed by atoms with van der Waals surface area (Å²) in [5.74, 6) is -1.99. The maximum Gasteiger partial charge on any atom is 0.244 e. The second-order valence-corrected chi connectivity index (χ2v) is 8.22. The number of halogens is 4. The van der Waals surface area contributed by atoms with Crippen LogP contribution in [0.25, 0.3) is 0 Å². The molecule has 1 N–H and O–H groups in total. The molecule has 0 aliphatic heterocycles. The van der Waals surface area contributed by atoms with Crippen LogP contribution in [0.2, 0.25) is 0 Å². The summed E-state index contributed by atoms with van der Waals surface area (Å²) in [7, 11) is -4.07. The van der Waals surface area contributed by atoms with Crippen molar-refractivity contribution in [3.05, 3.63) is 49.0 Å². The van der Waals surface area contributed by atoms with Gasteiger partial charge in [-0.3, -0.25) is 0 Å². The van der Waals surface area contributed by atoms with Gasteiger partial charge in [-0.2, -0.15) is 0 Å². The summed E-state index contributed by atoms with van der Waals surface area (Å²) in [6.07, 6.45) is 0. The van der Waals surface area contributed by atoms with Gasteiger partial charge in [-0.25, -0.2) is 21.9 Å². The monoisotopic (exact) mass is 445 g/mol. The molecule has 0 saturated carbocycles. The van der Waals surface area contributed by atoms with Crippen LogP contribution in [-0.4, -0.2) is 8.42 Å². The molecule has 108 valence electrons. The Morgan fingerprint density at radius 2 is 1.90 bits per heavy atom. The number of rotatable bonds is 4. The minimum atomic E-state index is -4.07. The first-order chi connectivity index (χ1) is 9.29. The predicted molar refractivity (Wildman–Crippen MR) is 80.1 cm³/mol. The molecule has 3 nitrogen and oxygen atoms in total. The van der Waals surface area contributed by atoms with Crippen LogP contribution in [0.15, 0.2) is 37.4 Å². The maximum atomic E-state index is 13.6. The Labute approximate surface area is 135 Å². The molecule has 0 unspecified atom stereocenters. The molecule has 0 atom stereocenters. The molecular formula is C11H7Br2F2NO2S2. The van der Waals surface area contributed by atoms with E-state index in [-0.39, 0.29) is 11.0 Å². The van der Waals surface area contributed by atoms with Crippen molar-refractivity contribution in [3.63, 3.8) is 0 Å². The van der Waals surface area contributed by atoms with Gasteiger partial charge in [0.2, 0.25) is 10.0 Å². The lowest BCUT2D eigenvalue weighted by Crippen LogP contribution is -2.24. The normalized spacial score (nSPS) is 11.8. The van der Waals surface area contributed by atoms with Gasteiger partial charge in [-0.1, -0.05) is 0 Å². The van der Waals surface area contributed by atoms with Crippen molar-refractivity contribution in [3.8, 4) is 0 Å². The Morgan fingerprint density at radius 1 is 1.20 bits per heavy atom. The first kappa shape index (κ1) is 16.0. The predicted octanol–water partition coefficient (Wildman–Crippen LogP) is 4.03. The molecule has 0 fully saturated rings. The quantitative estimate of drug-likeness (QED) is 0.770. The Kier molecular flexibility index (Phi) is 4.96. The minimum Gasteiger partial charge on any atom is -0.207 e. The van der Waals surface area contributed by atoms with E-state index >= 15 is 0 Å². The van der Waals surface area contributed by atoms with Crippen LogP contribution in [-0.2, 0) is 16.6 Å². The first-order valence-electron chi connectivity index (χ1n) is 5.17. The zero-order chi connectivity index (χ0) is 14.9. The molecule has 0 spiro atoms. The first-order valence-corrected chi connectivity index (χ1v) is 9.11. The van der Waals surface area contributed by atoms with Crippen molar-refractivity contribution >= 4 is 53.2 Å². The number of sulfonamides is 1. The summed E-state index contributed by atoms with van der Waals surface area (Å²) in [6, 6.07) is 3.18. The fourth-order valence-corrected chi connectivity index (χ4v) is 5.12. The number of benzene rings is 1. The van der Waals surface area contributed by atoms with Crippen molar-refractivity contribution in [1.82, 2.24) is 4.72 Å². The standard InChI is InChI=1S/C11H7Br2F2NO2S2/c12-6-1-8(19-5-6)4-16-20(17,18)11-9(13)2-7(14)3-10(11)15/h1-3,5,16H,4H2. The van der Waals surface area contributed by atoms with Crippen molar-refractivity contribution in [2.24, 2.45) is 0 Å². The van der Waals surface area contributed by atoms with Crippen molar-refractivity contribution < 1.29 is 17.2 Å². The molecule has 20 heavy (non-hydrogen) atoms. The number of hydrogen-bond donors (Lipinski definition) is 1. The van der Waals surface area contributed by atoms with E-state index in [1.165, 1.54) is 11.3 Å². The smallest absolute Gasteiger partial charge is 0.207 e. The van der Waals surface area contributed by atoms with Crippen LogP contribution < -0.4 is 4.72 Å². The topological polar surface area (TPSA) is 46.2 Å². The van der Waals surface area contributed by atoms with Gasteiger partial charge < -0.3 is 0 Å². The number of hydrogen-bond acceptors (Lipinski definition) is 3. The maximum absolute atomic E-state index is 13.6. The second-order valence-electron chi connectivity index (χ2n) is 3.75. The van der Waals surface area contributed by atoms with Crippen LogP contribution in [0.5, 0.6) is 0 Å². The van der Waals surface area contributed by atoms with E-state index in [4.69, 9.17) is 0 Å². The van der Waals surface area contributed by atoms with Crippen molar-refractivity contribution in [2.75, 3.05) is 0 Å². The number of nitrogens with one attached hydrogen (secondary N) is 1. The van der Waals surface area contributed by atoms with Crippen LogP contribution in [0.1, 0.15) is 4.88 Å². The van der Waals surface area contributed by atoms with Crippen LogP contribution in [0.4, 0.5) is 8.78 Å². The highest BCUT2D eigenvalue weighted by atomic mass is 79.9. The van der Waals surface area contributed by atoms with E-state index in [1.807, 2.05) is 0 Å². The second kappa shape index (κ2) is 6.18. The van der Waals surface area contributed by atoms with E-state index in [0.717, 1.165) is 15.4 Å². The van der Waals surface area contributed by atoms with E-state index in [2.05, 4.69) is 36.6 Å². The molecule has 0 aliphatic carbocycles. The highest BCUT2D eigenvalue weighted by Crippen LogP contribution is 2.27. The molecule has 2 rings (SSSR count). The van der Waals surface area contributed by atoms with Gasteiger partial charge in [0, 0.05) is 31.8 Å². The lowest BCUT2D eigenvalue weighted by atomic mass is 10.3. The van der Waals surface area contributed by atoms with Crippen molar-refractivity contribution in [1.29, 1.82) is 0 Å². The highest BCUT2D eigenvalue weighted by molar-refractivity contribution is 9.10. The third-order valence-corrected chi connectivity index (χ3v) is 6.35. The molecule has 0 radical (unpaired) electrons. The average molecular weight is 447 g/mol. The molecule has 9 heteroatoms. The molecule has 0 amide bonds. The summed E-state index contributed by atoms with van der Waals surface area (Å²) in [6.45, 7) is 0.0296. The van der Waals surface area contributed by atoms with Gasteiger partial charge in [0.25, 0.3) is 0 Å². The molecule has 1 aromatic carbocycles. The molecule has 0 aliphatic rings. The van der Waals surface area contributed by atoms with E-state index < -0.39 is 26.6 Å². The summed E-state index contributed by atoms with van der Waals surface area (Å²) in [5.41, 5.74) is 0. The number of thiophene rings is 1. The molecule has 2 aromatic rings. The van der Waals surface area contributed by atoms with Gasteiger partial charge in [-0.15, -0.1) is 11.3 Å². The van der Waals surface area contributed by atoms with Crippen LogP contribution in [0, 0.1) is 11.6 Å². The van der Waals surface area contributed by atoms with Gasteiger partial charge in [0.05, 0.1) is 0 Å². The zero-order valence-electron chi connectivity index (χ0n) is 9.66. The van der Waals surface area contributed by atoms with E-state index in [9.17, 15) is 17.2 Å². The fraction of sp³-hybridized carbons (Fsp3) is 0.0909. The summed E-state index contributed by atoms with van der Waals surface area (Å²) < 4.78 is 53.7. The third-order valence-electron chi connectivity index (χ3n) is 2.29. The molecule has 0 saturated heterocycles. The third kappa shape index (κ3) is 3.64. The largest absolute Gasteiger partial charge is 0.244 e. The summed E-state index contributed by atoms with van der Waals surface area (Å²) >= 11 is 7.47. The van der Waals surface area contributed by atoms with Gasteiger partial charge in [0.15, 0.2) is 0 Å². The van der Waals surface area contributed by atoms with Crippen LogP contribution in [0.3, 0.4) is 0 Å². The Morgan fingerprint density at radius 3 is 2.45 bits per heavy atom. The molecule has 0 bridgehead atoms. The van der Waals surface area contributed by atoms with Gasteiger partial charge >= 0.3 is 0 Å². The zero-order valence-corrected chi connectivity index (χ0v) is 14.5. The van der Waals surface area contributed by atoms with E-state index in [1.54, 1.807) is 11.4 Å². The highest BCUT2D eigenvalue weighted by Gasteiger charge is 2.23. The van der Waals surface area contributed by atoms with Gasteiger partial charge in [-0.05, 0) is 44.0 Å². The molecule has 1 aromatic heterocycles. The average Bonchev–Trinajstić information content (AvgIpc) is 2.71. The van der Waals surface area contributed by atoms with Crippen molar-refractivity contribution in [2.45, 2.75) is 11.4 Å². The Balaban J connectivity index is 2.27. The Hall–Kier alpha value is -0.350. The molecule has 1 heterocycles. The lowest BCUT2D eigenvalue weighted by Gasteiger charge is -2.09. The van der Waals surface area contributed by atoms with Gasteiger partial charge in [0.1, 0.15) is 16.5 Å².